The molecule has 0 aromatic heterocycles. The standard InChI is InChI=1S/C10H14O4/c1-10(9(13)14)6-3-2-5(4-6)7(10)8(11)12/h5-7H,2-4H2,1H3,(H,11,12)(H,13,14)/p-2/t5-,6-,7-,10-/m0/s1. The van der Waals surface area contributed by atoms with Gasteiger partial charge >= 0.3 is 0 Å². The summed E-state index contributed by atoms with van der Waals surface area (Å²) < 4.78 is 0. The molecular weight excluding hydrogens is 184 g/mol. The molecule has 2 aliphatic rings. The van der Waals surface area contributed by atoms with Crippen LogP contribution in [0.4, 0.5) is 0 Å². The molecule has 0 heterocycles. The molecule has 0 aromatic carbocycles. The Labute approximate surface area is 81.9 Å². The summed E-state index contributed by atoms with van der Waals surface area (Å²) in [6, 6.07) is 0. The van der Waals surface area contributed by atoms with Gasteiger partial charge in [-0.2, -0.15) is 0 Å². The van der Waals surface area contributed by atoms with Crippen LogP contribution in [0.2, 0.25) is 0 Å². The predicted octanol–water partition coefficient (Wildman–Crippen LogP) is -1.46. The van der Waals surface area contributed by atoms with Crippen LogP contribution in [0.1, 0.15) is 26.2 Å². The van der Waals surface area contributed by atoms with E-state index in [2.05, 4.69) is 0 Å². The number of fused-ring (bicyclic) bond motifs is 2. The van der Waals surface area contributed by atoms with E-state index in [0.717, 1.165) is 12.8 Å². The zero-order valence-electron chi connectivity index (χ0n) is 7.99. The molecule has 0 aliphatic heterocycles. The van der Waals surface area contributed by atoms with Crippen LogP contribution in [0.3, 0.4) is 0 Å². The van der Waals surface area contributed by atoms with E-state index in [-0.39, 0.29) is 11.8 Å². The lowest BCUT2D eigenvalue weighted by molar-refractivity contribution is -0.337. The molecule has 2 fully saturated rings. The summed E-state index contributed by atoms with van der Waals surface area (Å²) >= 11 is 0. The highest BCUT2D eigenvalue weighted by Gasteiger charge is 2.56. The third kappa shape index (κ3) is 0.938. The average molecular weight is 196 g/mol. The fourth-order valence-electron chi connectivity index (χ4n) is 3.34. The van der Waals surface area contributed by atoms with E-state index in [1.807, 2.05) is 0 Å². The van der Waals surface area contributed by atoms with E-state index in [1.54, 1.807) is 0 Å². The van der Waals surface area contributed by atoms with Crippen molar-refractivity contribution in [3.8, 4) is 0 Å². The number of carbonyl (C=O) groups is 2. The van der Waals surface area contributed by atoms with Crippen LogP contribution in [-0.4, -0.2) is 11.9 Å². The first-order valence-electron chi connectivity index (χ1n) is 4.90. The van der Waals surface area contributed by atoms with Gasteiger partial charge in [0, 0.05) is 23.3 Å². The predicted molar refractivity (Wildman–Crippen MR) is 42.4 cm³/mol. The van der Waals surface area contributed by atoms with Gasteiger partial charge in [-0.15, -0.1) is 0 Å². The van der Waals surface area contributed by atoms with Crippen molar-refractivity contribution in [3.05, 3.63) is 0 Å². The number of carboxylic acids is 2. The topological polar surface area (TPSA) is 80.3 Å². The molecule has 0 amide bonds. The Morgan fingerprint density at radius 1 is 1.29 bits per heavy atom. The van der Waals surface area contributed by atoms with Crippen LogP contribution < -0.4 is 10.2 Å². The quantitative estimate of drug-likeness (QED) is 0.540. The van der Waals surface area contributed by atoms with Crippen molar-refractivity contribution in [2.45, 2.75) is 26.2 Å². The number of carbonyl (C=O) groups excluding carboxylic acids is 2. The highest BCUT2D eigenvalue weighted by Crippen LogP contribution is 2.59. The van der Waals surface area contributed by atoms with Gasteiger partial charge in [-0.3, -0.25) is 0 Å². The van der Waals surface area contributed by atoms with Crippen LogP contribution in [0.5, 0.6) is 0 Å². The minimum Gasteiger partial charge on any atom is -0.550 e. The Hall–Kier alpha value is -1.06. The summed E-state index contributed by atoms with van der Waals surface area (Å²) in [6.45, 7) is 1.49. The van der Waals surface area contributed by atoms with Gasteiger partial charge in [-0.05, 0) is 31.1 Å². The van der Waals surface area contributed by atoms with Crippen molar-refractivity contribution >= 4 is 11.9 Å². The molecular formula is C10H12O4-2. The van der Waals surface area contributed by atoms with Crippen LogP contribution >= 0.6 is 0 Å². The monoisotopic (exact) mass is 196 g/mol. The van der Waals surface area contributed by atoms with Gasteiger partial charge in [0.05, 0.1) is 0 Å². The molecule has 0 saturated heterocycles. The number of aliphatic carboxylic acids is 2. The minimum atomic E-state index is -1.24. The maximum absolute atomic E-state index is 11.0. The summed E-state index contributed by atoms with van der Waals surface area (Å²) in [5.74, 6) is -3.39. The highest BCUT2D eigenvalue weighted by atomic mass is 16.4. The molecule has 2 aliphatic carbocycles. The first kappa shape index (κ1) is 9.49. The molecule has 2 rings (SSSR count). The molecule has 2 bridgehead atoms. The van der Waals surface area contributed by atoms with Gasteiger partial charge < -0.3 is 19.8 Å². The second-order valence-corrected chi connectivity index (χ2v) is 4.64. The van der Waals surface area contributed by atoms with E-state index >= 15 is 0 Å². The van der Waals surface area contributed by atoms with Gasteiger partial charge in [0.25, 0.3) is 0 Å². The van der Waals surface area contributed by atoms with Gasteiger partial charge in [0.2, 0.25) is 0 Å². The van der Waals surface area contributed by atoms with Crippen molar-refractivity contribution < 1.29 is 19.8 Å². The third-order valence-corrected chi connectivity index (χ3v) is 4.13. The first-order valence-corrected chi connectivity index (χ1v) is 4.90. The number of carboxylic acid groups (broad SMARTS) is 2. The van der Waals surface area contributed by atoms with Crippen LogP contribution in [-0.2, 0) is 9.59 Å². The zero-order chi connectivity index (χ0) is 10.5. The Balaban J connectivity index is 2.39. The van der Waals surface area contributed by atoms with Gasteiger partial charge in [0.15, 0.2) is 0 Å². The smallest absolute Gasteiger partial charge is 0.0482 e. The maximum atomic E-state index is 11.0. The molecule has 0 spiro atoms. The normalized spacial score (nSPS) is 45.4. The number of hydrogen-bond donors (Lipinski definition) is 0. The van der Waals surface area contributed by atoms with Crippen molar-refractivity contribution in [2.75, 3.05) is 0 Å². The Morgan fingerprint density at radius 3 is 2.36 bits per heavy atom. The third-order valence-electron chi connectivity index (χ3n) is 4.13. The molecule has 0 unspecified atom stereocenters. The van der Waals surface area contributed by atoms with Crippen molar-refractivity contribution in [1.29, 1.82) is 0 Å². The summed E-state index contributed by atoms with van der Waals surface area (Å²) in [5, 5.41) is 21.9. The Bertz CT molecular complexity index is 298. The lowest BCUT2D eigenvalue weighted by Gasteiger charge is -2.42. The Kier molecular flexibility index (Phi) is 1.84. The van der Waals surface area contributed by atoms with Crippen molar-refractivity contribution in [1.82, 2.24) is 0 Å². The number of rotatable bonds is 2. The fraction of sp³-hybridized carbons (Fsp3) is 0.800. The zero-order valence-corrected chi connectivity index (χ0v) is 7.99. The van der Waals surface area contributed by atoms with Crippen molar-refractivity contribution in [2.24, 2.45) is 23.2 Å². The largest absolute Gasteiger partial charge is 0.550 e. The molecule has 0 N–H and O–H groups in total. The average Bonchev–Trinajstić information content (AvgIpc) is 2.61. The van der Waals surface area contributed by atoms with E-state index in [0.29, 0.717) is 6.42 Å². The summed E-state index contributed by atoms with van der Waals surface area (Å²) in [7, 11) is 0. The summed E-state index contributed by atoms with van der Waals surface area (Å²) in [6.07, 6.45) is 2.31. The minimum absolute atomic E-state index is 0.0205. The van der Waals surface area contributed by atoms with Gasteiger partial charge in [-0.25, -0.2) is 0 Å². The second-order valence-electron chi connectivity index (χ2n) is 4.64. The molecule has 2 saturated carbocycles. The van der Waals surface area contributed by atoms with E-state index < -0.39 is 23.3 Å². The summed E-state index contributed by atoms with van der Waals surface area (Å²) in [5.41, 5.74) is -1.21. The van der Waals surface area contributed by atoms with E-state index in [9.17, 15) is 19.8 Å². The van der Waals surface area contributed by atoms with Crippen LogP contribution in [0, 0.1) is 23.2 Å². The fourth-order valence-corrected chi connectivity index (χ4v) is 3.34. The molecule has 0 radical (unpaired) electrons. The highest BCUT2D eigenvalue weighted by molar-refractivity contribution is 5.82. The van der Waals surface area contributed by atoms with Gasteiger partial charge in [0.1, 0.15) is 0 Å². The lowest BCUT2D eigenvalue weighted by Crippen LogP contribution is -2.54. The maximum Gasteiger partial charge on any atom is 0.0482 e. The molecule has 0 aromatic rings. The molecule has 14 heavy (non-hydrogen) atoms. The molecule has 78 valence electrons. The molecule has 4 atom stereocenters. The molecule has 4 nitrogen and oxygen atoms in total. The number of hydrogen-bond acceptors (Lipinski definition) is 4. The second kappa shape index (κ2) is 2.72. The van der Waals surface area contributed by atoms with E-state index in [1.165, 1.54) is 6.92 Å². The van der Waals surface area contributed by atoms with E-state index in [4.69, 9.17) is 0 Å². The van der Waals surface area contributed by atoms with Crippen molar-refractivity contribution in [3.63, 3.8) is 0 Å². The Morgan fingerprint density at radius 2 is 1.93 bits per heavy atom. The van der Waals surface area contributed by atoms with Gasteiger partial charge in [-0.1, -0.05) is 6.92 Å². The molecule has 4 heteroatoms. The SMILES string of the molecule is C[C@]1(C(=O)[O-])[C@H]2CC[C@@H](C2)[C@H]1C(=O)[O-]. The first-order chi connectivity index (χ1) is 6.48. The summed E-state index contributed by atoms with van der Waals surface area (Å²) in [4.78, 5) is 21.9. The van der Waals surface area contributed by atoms with Crippen LogP contribution in [0.25, 0.3) is 0 Å². The lowest BCUT2D eigenvalue weighted by atomic mass is 9.67. The van der Waals surface area contributed by atoms with Crippen LogP contribution in [0.15, 0.2) is 0 Å².